The van der Waals surface area contributed by atoms with Crippen molar-refractivity contribution in [1.29, 1.82) is 0 Å². The van der Waals surface area contributed by atoms with Gasteiger partial charge in [0.25, 0.3) is 0 Å². The van der Waals surface area contributed by atoms with Gasteiger partial charge in [-0.25, -0.2) is 9.59 Å². The van der Waals surface area contributed by atoms with Crippen LogP contribution in [0.1, 0.15) is 55.4 Å². The van der Waals surface area contributed by atoms with Crippen molar-refractivity contribution in [2.45, 2.75) is 72.8 Å². The van der Waals surface area contributed by atoms with Crippen molar-refractivity contribution in [3.8, 4) is 0 Å². The van der Waals surface area contributed by atoms with Gasteiger partial charge >= 0.3 is 12.1 Å². The first-order valence-electron chi connectivity index (χ1n) is 8.44. The number of hydrogen-bond acceptors (Lipinski definition) is 5. The predicted molar refractivity (Wildman–Crippen MR) is 91.4 cm³/mol. The number of allylic oxidation sites excluding steroid dienone is 1. The van der Waals surface area contributed by atoms with E-state index in [1.54, 1.807) is 24.8 Å². The first-order chi connectivity index (χ1) is 10.9. The first-order valence-corrected chi connectivity index (χ1v) is 8.44. The molecular weight excluding hydrogens is 310 g/mol. The van der Waals surface area contributed by atoms with Crippen LogP contribution in [0.5, 0.6) is 0 Å². The van der Waals surface area contributed by atoms with Crippen LogP contribution in [0.25, 0.3) is 0 Å². The van der Waals surface area contributed by atoms with Crippen LogP contribution in [0, 0.1) is 5.92 Å². The van der Waals surface area contributed by atoms with E-state index in [4.69, 9.17) is 14.2 Å². The Kier molecular flexibility index (Phi) is 6.45. The topological polar surface area (TPSA) is 65.1 Å². The van der Waals surface area contributed by atoms with Gasteiger partial charge in [-0.15, -0.1) is 0 Å². The lowest BCUT2D eigenvalue weighted by atomic mass is 9.92. The molecule has 0 radical (unpaired) electrons. The summed E-state index contributed by atoms with van der Waals surface area (Å²) in [4.78, 5) is 26.4. The lowest BCUT2D eigenvalue weighted by Gasteiger charge is -2.37. The lowest BCUT2D eigenvalue weighted by Crippen LogP contribution is -2.52. The summed E-state index contributed by atoms with van der Waals surface area (Å²) in [5.74, 6) is -0.593. The molecule has 0 spiro atoms. The molecule has 0 aromatic heterocycles. The summed E-state index contributed by atoms with van der Waals surface area (Å²) in [7, 11) is 0. The van der Waals surface area contributed by atoms with E-state index in [-0.39, 0.29) is 17.9 Å². The molecule has 0 aromatic rings. The van der Waals surface area contributed by atoms with Gasteiger partial charge < -0.3 is 14.2 Å². The van der Waals surface area contributed by atoms with Gasteiger partial charge in [0.15, 0.2) is 0 Å². The quantitative estimate of drug-likeness (QED) is 0.578. The number of amides is 1. The van der Waals surface area contributed by atoms with E-state index in [1.165, 1.54) is 0 Å². The molecule has 0 saturated carbocycles. The molecule has 0 bridgehead atoms. The van der Waals surface area contributed by atoms with Crippen LogP contribution in [0.15, 0.2) is 11.6 Å². The van der Waals surface area contributed by atoms with Crippen LogP contribution < -0.4 is 0 Å². The molecule has 6 heteroatoms. The van der Waals surface area contributed by atoms with Crippen LogP contribution in [0.3, 0.4) is 0 Å². The number of carbonyl (C=O) groups is 2. The van der Waals surface area contributed by atoms with Crippen molar-refractivity contribution in [3.05, 3.63) is 11.6 Å². The highest BCUT2D eigenvalue weighted by molar-refractivity contribution is 5.89. The summed E-state index contributed by atoms with van der Waals surface area (Å²) in [6.45, 7) is 15.2. The number of carbonyl (C=O) groups excluding carboxylic acids is 2. The summed E-state index contributed by atoms with van der Waals surface area (Å²) >= 11 is 0. The molecule has 6 nitrogen and oxygen atoms in total. The zero-order chi connectivity index (χ0) is 18.7. The summed E-state index contributed by atoms with van der Waals surface area (Å²) in [5, 5.41) is 0. The second-order valence-corrected chi connectivity index (χ2v) is 7.43. The van der Waals surface area contributed by atoms with E-state index >= 15 is 0 Å². The average molecular weight is 341 g/mol. The number of esters is 1. The minimum Gasteiger partial charge on any atom is -0.463 e. The Bertz CT molecular complexity index is 504. The highest BCUT2D eigenvalue weighted by atomic mass is 16.6. The molecule has 0 aliphatic carbocycles. The maximum Gasteiger partial charge on any atom is 0.412 e. The van der Waals surface area contributed by atoms with Crippen molar-refractivity contribution < 1.29 is 23.8 Å². The Morgan fingerprint density at radius 2 is 1.96 bits per heavy atom. The van der Waals surface area contributed by atoms with Crippen LogP contribution in [0.4, 0.5) is 4.79 Å². The fourth-order valence-electron chi connectivity index (χ4n) is 2.86. The molecule has 1 heterocycles. The third-order valence-electron chi connectivity index (χ3n) is 4.00. The SMILES string of the molecule is C/C=C(/C(=O)OCC)[C@@H](C)[C@H]1COC(C)(C)N1C(=O)OC(C)(C)C. The van der Waals surface area contributed by atoms with E-state index in [1.807, 2.05) is 41.5 Å². The third-order valence-corrected chi connectivity index (χ3v) is 4.00. The smallest absolute Gasteiger partial charge is 0.412 e. The highest BCUT2D eigenvalue weighted by Gasteiger charge is 2.48. The van der Waals surface area contributed by atoms with Gasteiger partial charge in [0, 0.05) is 11.5 Å². The van der Waals surface area contributed by atoms with E-state index in [0.29, 0.717) is 18.8 Å². The molecule has 1 saturated heterocycles. The monoisotopic (exact) mass is 341 g/mol. The fraction of sp³-hybridized carbons (Fsp3) is 0.778. The molecular formula is C18H31NO5. The number of nitrogens with zero attached hydrogens (tertiary/aromatic N) is 1. The molecule has 1 aliphatic heterocycles. The zero-order valence-electron chi connectivity index (χ0n) is 16.1. The molecule has 138 valence electrons. The molecule has 0 aromatic carbocycles. The molecule has 24 heavy (non-hydrogen) atoms. The van der Waals surface area contributed by atoms with Crippen LogP contribution >= 0.6 is 0 Å². The van der Waals surface area contributed by atoms with Crippen molar-refractivity contribution in [2.75, 3.05) is 13.2 Å². The lowest BCUT2D eigenvalue weighted by molar-refractivity contribution is -0.139. The third kappa shape index (κ3) is 4.72. The predicted octanol–water partition coefficient (Wildman–Crippen LogP) is 3.50. The standard InChI is InChI=1S/C18H31NO5/c1-9-13(15(20)22-10-2)12(3)14-11-23-18(7,8)19(14)16(21)24-17(4,5)6/h9,12,14H,10-11H2,1-8H3/b13-9+/t12-,14-/m1/s1. The van der Waals surface area contributed by atoms with Crippen molar-refractivity contribution in [1.82, 2.24) is 4.90 Å². The normalized spacial score (nSPS) is 22.2. The molecule has 1 fully saturated rings. The molecule has 0 N–H and O–H groups in total. The average Bonchev–Trinajstić information content (AvgIpc) is 2.73. The summed E-state index contributed by atoms with van der Waals surface area (Å²) < 4.78 is 16.5. The van der Waals surface area contributed by atoms with E-state index in [2.05, 4.69) is 0 Å². The summed E-state index contributed by atoms with van der Waals surface area (Å²) in [6.07, 6.45) is 1.29. The van der Waals surface area contributed by atoms with Gasteiger partial charge in [-0.05, 0) is 48.5 Å². The van der Waals surface area contributed by atoms with Gasteiger partial charge in [0.05, 0.1) is 19.3 Å². The minimum atomic E-state index is -0.797. The van der Waals surface area contributed by atoms with Gasteiger partial charge in [0.2, 0.25) is 0 Å². The van der Waals surface area contributed by atoms with Gasteiger partial charge in [-0.2, -0.15) is 0 Å². The Hall–Kier alpha value is -1.56. The Labute approximate surface area is 145 Å². The maximum atomic E-state index is 12.7. The Morgan fingerprint density at radius 1 is 1.38 bits per heavy atom. The first kappa shape index (κ1) is 20.5. The van der Waals surface area contributed by atoms with E-state index in [0.717, 1.165) is 0 Å². The van der Waals surface area contributed by atoms with Gasteiger partial charge in [-0.1, -0.05) is 13.0 Å². The van der Waals surface area contributed by atoms with Crippen molar-refractivity contribution in [2.24, 2.45) is 5.92 Å². The minimum absolute atomic E-state index is 0.233. The second-order valence-electron chi connectivity index (χ2n) is 7.43. The van der Waals surface area contributed by atoms with Crippen molar-refractivity contribution in [3.63, 3.8) is 0 Å². The molecule has 0 unspecified atom stereocenters. The summed E-state index contributed by atoms with van der Waals surface area (Å²) in [5.41, 5.74) is -0.861. The zero-order valence-corrected chi connectivity index (χ0v) is 16.1. The van der Waals surface area contributed by atoms with Gasteiger partial charge in [0.1, 0.15) is 11.3 Å². The Balaban J connectivity index is 3.07. The fourth-order valence-corrected chi connectivity index (χ4v) is 2.86. The second kappa shape index (κ2) is 7.55. The Morgan fingerprint density at radius 3 is 2.42 bits per heavy atom. The van der Waals surface area contributed by atoms with Crippen molar-refractivity contribution >= 4 is 12.1 Å². The molecule has 1 rings (SSSR count). The number of rotatable bonds is 4. The van der Waals surface area contributed by atoms with Crippen LogP contribution in [-0.2, 0) is 19.0 Å². The number of ether oxygens (including phenoxy) is 3. The van der Waals surface area contributed by atoms with E-state index in [9.17, 15) is 9.59 Å². The number of hydrogen-bond donors (Lipinski definition) is 0. The maximum absolute atomic E-state index is 12.7. The largest absolute Gasteiger partial charge is 0.463 e. The van der Waals surface area contributed by atoms with Crippen LogP contribution in [-0.4, -0.2) is 47.5 Å². The molecule has 2 atom stereocenters. The molecule has 1 amide bonds. The van der Waals surface area contributed by atoms with Crippen LogP contribution in [0.2, 0.25) is 0 Å². The highest BCUT2D eigenvalue weighted by Crippen LogP contribution is 2.35. The van der Waals surface area contributed by atoms with Gasteiger partial charge in [-0.3, -0.25) is 4.90 Å². The summed E-state index contributed by atoms with van der Waals surface area (Å²) in [6, 6.07) is -0.301. The molecule has 1 aliphatic rings. The van der Waals surface area contributed by atoms with E-state index < -0.39 is 17.4 Å².